The third-order valence-electron chi connectivity index (χ3n) is 7.34. The number of nitrogens with zero attached hydrogens (tertiary/aromatic N) is 1. The quantitative estimate of drug-likeness (QED) is 0.670. The topological polar surface area (TPSA) is 12.5 Å². The minimum absolute atomic E-state index is 0.340. The fourth-order valence-electron chi connectivity index (χ4n) is 5.66. The van der Waals surface area contributed by atoms with E-state index in [0.717, 1.165) is 24.0 Å². The van der Waals surface area contributed by atoms with Crippen molar-refractivity contribution in [3.05, 3.63) is 65.2 Å². The molecule has 2 aliphatic rings. The number of likely N-dealkylation sites (tertiary alicyclic amines) is 1. The summed E-state index contributed by atoms with van der Waals surface area (Å²) >= 11 is 0. The number of rotatable bonds is 5. The second kappa shape index (κ2) is 8.29. The van der Waals surface area contributed by atoms with E-state index in [1.54, 1.807) is 7.11 Å². The number of hydrogen-bond acceptors (Lipinski definition) is 2. The van der Waals surface area contributed by atoms with Gasteiger partial charge in [-0.2, -0.15) is 0 Å². The van der Waals surface area contributed by atoms with Crippen LogP contribution in [0.3, 0.4) is 0 Å². The molecule has 0 aromatic heterocycles. The molecule has 0 bridgehead atoms. The van der Waals surface area contributed by atoms with Crippen LogP contribution in [-0.2, 0) is 11.8 Å². The summed E-state index contributed by atoms with van der Waals surface area (Å²) in [5.74, 6) is 2.59. The Morgan fingerprint density at radius 3 is 2.71 bits per heavy atom. The normalized spacial score (nSPS) is 28.0. The lowest BCUT2D eigenvalue weighted by Crippen LogP contribution is -2.52. The van der Waals surface area contributed by atoms with Gasteiger partial charge in [-0.15, -0.1) is 0 Å². The Morgan fingerprint density at radius 2 is 1.93 bits per heavy atom. The van der Waals surface area contributed by atoms with Crippen LogP contribution in [0.2, 0.25) is 0 Å². The molecule has 0 unspecified atom stereocenters. The summed E-state index contributed by atoms with van der Waals surface area (Å²) in [5, 5.41) is 0. The van der Waals surface area contributed by atoms with Gasteiger partial charge in [0.05, 0.1) is 7.11 Å². The molecule has 1 saturated carbocycles. The van der Waals surface area contributed by atoms with E-state index in [-0.39, 0.29) is 0 Å². The molecule has 0 radical (unpaired) electrons. The summed E-state index contributed by atoms with van der Waals surface area (Å²) in [7, 11) is 1.78. The van der Waals surface area contributed by atoms with Crippen LogP contribution < -0.4 is 4.74 Å². The SMILES string of the molecule is COc1cccc([C@@]23CCN(CCc4ccc(C)cc4)C[C@@H]2CC[C@H](C)C3)c1. The fraction of sp³-hybridized carbons (Fsp3) is 0.538. The van der Waals surface area contributed by atoms with E-state index in [2.05, 4.69) is 67.3 Å². The molecule has 0 N–H and O–H groups in total. The third-order valence-corrected chi connectivity index (χ3v) is 7.34. The van der Waals surface area contributed by atoms with Crippen LogP contribution in [0.5, 0.6) is 5.75 Å². The van der Waals surface area contributed by atoms with Gasteiger partial charge >= 0.3 is 0 Å². The average Bonchev–Trinajstić information content (AvgIpc) is 2.73. The molecule has 2 fully saturated rings. The predicted octanol–water partition coefficient (Wildman–Crippen LogP) is 5.63. The van der Waals surface area contributed by atoms with Crippen molar-refractivity contribution in [2.45, 2.75) is 51.4 Å². The Bertz CT molecular complexity index is 783. The molecule has 150 valence electrons. The summed E-state index contributed by atoms with van der Waals surface area (Å²) in [6.07, 6.45) is 6.51. The second-order valence-electron chi connectivity index (χ2n) is 9.26. The van der Waals surface area contributed by atoms with Crippen LogP contribution in [0, 0.1) is 18.8 Å². The maximum atomic E-state index is 5.56. The molecule has 0 amide bonds. The maximum absolute atomic E-state index is 5.56. The molecule has 2 heteroatoms. The van der Waals surface area contributed by atoms with Gasteiger partial charge in [-0.05, 0) is 74.2 Å². The van der Waals surface area contributed by atoms with Crippen LogP contribution in [-0.4, -0.2) is 31.6 Å². The van der Waals surface area contributed by atoms with E-state index in [9.17, 15) is 0 Å². The predicted molar refractivity (Wildman–Crippen MR) is 117 cm³/mol. The van der Waals surface area contributed by atoms with Gasteiger partial charge in [0.2, 0.25) is 0 Å². The average molecular weight is 378 g/mol. The molecule has 3 atom stereocenters. The van der Waals surface area contributed by atoms with Gasteiger partial charge in [-0.25, -0.2) is 0 Å². The smallest absolute Gasteiger partial charge is 0.119 e. The van der Waals surface area contributed by atoms with Gasteiger partial charge in [0.1, 0.15) is 5.75 Å². The molecule has 1 aliphatic heterocycles. The fourth-order valence-corrected chi connectivity index (χ4v) is 5.66. The van der Waals surface area contributed by atoms with Crippen LogP contribution in [0.25, 0.3) is 0 Å². The number of fused-ring (bicyclic) bond motifs is 1. The van der Waals surface area contributed by atoms with Crippen LogP contribution in [0.1, 0.15) is 49.3 Å². The van der Waals surface area contributed by atoms with Crippen molar-refractivity contribution in [2.75, 3.05) is 26.7 Å². The van der Waals surface area contributed by atoms with E-state index < -0.39 is 0 Å². The first-order chi connectivity index (χ1) is 13.6. The molecule has 1 heterocycles. The Kier molecular flexibility index (Phi) is 5.78. The lowest BCUT2D eigenvalue weighted by atomic mass is 9.57. The first-order valence-electron chi connectivity index (χ1n) is 11.0. The van der Waals surface area contributed by atoms with Gasteiger partial charge < -0.3 is 9.64 Å². The number of benzene rings is 2. The Balaban J connectivity index is 1.49. The zero-order chi connectivity index (χ0) is 19.6. The van der Waals surface area contributed by atoms with Gasteiger partial charge in [0, 0.05) is 18.5 Å². The monoisotopic (exact) mass is 377 g/mol. The maximum Gasteiger partial charge on any atom is 0.119 e. The lowest BCUT2D eigenvalue weighted by molar-refractivity contribution is 0.0390. The first kappa shape index (κ1) is 19.5. The lowest BCUT2D eigenvalue weighted by Gasteiger charge is -2.53. The van der Waals surface area contributed by atoms with Crippen molar-refractivity contribution in [1.29, 1.82) is 0 Å². The zero-order valence-electron chi connectivity index (χ0n) is 17.8. The summed E-state index contributed by atoms with van der Waals surface area (Å²) in [5.41, 5.74) is 4.67. The number of hydrogen-bond donors (Lipinski definition) is 0. The molecule has 2 aromatic rings. The van der Waals surface area contributed by atoms with E-state index in [1.807, 2.05) is 0 Å². The van der Waals surface area contributed by atoms with E-state index in [0.29, 0.717) is 5.41 Å². The van der Waals surface area contributed by atoms with Crippen LogP contribution >= 0.6 is 0 Å². The molecule has 2 aromatic carbocycles. The number of piperidine rings is 1. The van der Waals surface area contributed by atoms with Gasteiger partial charge in [-0.1, -0.05) is 55.3 Å². The van der Waals surface area contributed by atoms with E-state index >= 15 is 0 Å². The molecule has 1 aliphatic carbocycles. The Morgan fingerprint density at radius 1 is 1.11 bits per heavy atom. The van der Waals surface area contributed by atoms with E-state index in [1.165, 1.54) is 62.0 Å². The highest BCUT2D eigenvalue weighted by Gasteiger charge is 2.47. The molecule has 4 rings (SSSR count). The summed E-state index contributed by atoms with van der Waals surface area (Å²) in [4.78, 5) is 2.72. The number of ether oxygens (including phenoxy) is 1. The van der Waals surface area contributed by atoms with E-state index in [4.69, 9.17) is 4.74 Å². The van der Waals surface area contributed by atoms with Crippen molar-refractivity contribution in [1.82, 2.24) is 4.90 Å². The third kappa shape index (κ3) is 3.98. The Labute approximate surface area is 170 Å². The summed E-state index contributed by atoms with van der Waals surface area (Å²) in [6.45, 7) is 8.25. The van der Waals surface area contributed by atoms with Crippen molar-refractivity contribution in [3.63, 3.8) is 0 Å². The molecule has 0 spiro atoms. The molecule has 28 heavy (non-hydrogen) atoms. The minimum Gasteiger partial charge on any atom is -0.497 e. The molecule has 2 nitrogen and oxygen atoms in total. The molecular formula is C26H35NO. The van der Waals surface area contributed by atoms with Gasteiger partial charge in [-0.3, -0.25) is 0 Å². The largest absolute Gasteiger partial charge is 0.497 e. The van der Waals surface area contributed by atoms with Crippen molar-refractivity contribution < 1.29 is 4.74 Å². The second-order valence-corrected chi connectivity index (χ2v) is 9.26. The highest BCUT2D eigenvalue weighted by Crippen LogP contribution is 2.51. The number of methoxy groups -OCH3 is 1. The molecule has 1 saturated heterocycles. The first-order valence-corrected chi connectivity index (χ1v) is 11.0. The van der Waals surface area contributed by atoms with Gasteiger partial charge in [0.15, 0.2) is 0 Å². The van der Waals surface area contributed by atoms with Gasteiger partial charge in [0.25, 0.3) is 0 Å². The van der Waals surface area contributed by atoms with Crippen molar-refractivity contribution >= 4 is 0 Å². The Hall–Kier alpha value is -1.80. The summed E-state index contributed by atoms with van der Waals surface area (Å²) < 4.78 is 5.56. The highest BCUT2D eigenvalue weighted by molar-refractivity contribution is 5.36. The van der Waals surface area contributed by atoms with Crippen molar-refractivity contribution in [3.8, 4) is 5.75 Å². The highest BCUT2D eigenvalue weighted by atomic mass is 16.5. The standard InChI is InChI=1S/C26H35NO/c1-20-7-10-22(11-8-20)13-15-27-16-14-26(18-21(2)9-12-24(26)19-27)23-5-4-6-25(17-23)28-3/h4-8,10-11,17,21,24H,9,12-16,18-19H2,1-3H3/t21-,24-,26-/m0/s1. The van der Waals surface area contributed by atoms with Crippen molar-refractivity contribution in [2.24, 2.45) is 11.8 Å². The summed E-state index contributed by atoms with van der Waals surface area (Å²) in [6, 6.07) is 18.0. The zero-order valence-corrected chi connectivity index (χ0v) is 17.8. The number of aryl methyl sites for hydroxylation is 1. The van der Waals surface area contributed by atoms with Crippen LogP contribution in [0.4, 0.5) is 0 Å². The molecular weight excluding hydrogens is 342 g/mol. The van der Waals surface area contributed by atoms with Crippen LogP contribution in [0.15, 0.2) is 48.5 Å². The minimum atomic E-state index is 0.340.